The van der Waals surface area contributed by atoms with Crippen LogP contribution in [0.2, 0.25) is 0 Å². The van der Waals surface area contributed by atoms with Gasteiger partial charge in [0.05, 0.1) is 6.61 Å². The monoisotopic (exact) mass is 344 g/mol. The van der Waals surface area contributed by atoms with Gasteiger partial charge in [0.1, 0.15) is 5.57 Å². The van der Waals surface area contributed by atoms with Crippen molar-refractivity contribution < 1.29 is 32.6 Å². The van der Waals surface area contributed by atoms with E-state index in [1.165, 1.54) is 19.9 Å². The van der Waals surface area contributed by atoms with Crippen LogP contribution in [0.5, 0.6) is 0 Å². The van der Waals surface area contributed by atoms with E-state index >= 15 is 0 Å². The van der Waals surface area contributed by atoms with Gasteiger partial charge in [-0.2, -0.15) is 13.2 Å². The minimum Gasteiger partial charge on any atom is -0.463 e. The number of aliphatic hydroxyl groups is 1. The van der Waals surface area contributed by atoms with Crippen LogP contribution in [0.15, 0.2) is 23.3 Å². The van der Waals surface area contributed by atoms with E-state index in [0.29, 0.717) is 0 Å². The van der Waals surface area contributed by atoms with Crippen LogP contribution in [0.3, 0.4) is 0 Å². The van der Waals surface area contributed by atoms with E-state index < -0.39 is 28.7 Å². The molecule has 0 aromatic rings. The summed E-state index contributed by atoms with van der Waals surface area (Å²) in [6, 6.07) is 0. The van der Waals surface area contributed by atoms with Crippen LogP contribution in [0.1, 0.15) is 34.1 Å². The van der Waals surface area contributed by atoms with Gasteiger partial charge in [0.2, 0.25) is 0 Å². The Morgan fingerprint density at radius 3 is 2.50 bits per heavy atom. The van der Waals surface area contributed by atoms with Crippen molar-refractivity contribution in [1.82, 2.24) is 0 Å². The molecule has 0 saturated heterocycles. The molecule has 1 atom stereocenters. The standard InChI is InChI=1S/C17H19F3O4/c1-5-24-14(22)9-12(17(18,19)20)6-7-16(23)11(2)8-13(21)10-15(16,3)4/h8-9,23H,5,10H2,1-4H3/b12-9+. The fourth-order valence-corrected chi connectivity index (χ4v) is 2.41. The Labute approximate surface area is 138 Å². The molecule has 24 heavy (non-hydrogen) atoms. The van der Waals surface area contributed by atoms with Crippen molar-refractivity contribution in [2.24, 2.45) is 5.41 Å². The number of carbonyl (C=O) groups is 2. The molecule has 0 saturated carbocycles. The van der Waals surface area contributed by atoms with Gasteiger partial charge in [-0.25, -0.2) is 4.79 Å². The highest BCUT2D eigenvalue weighted by atomic mass is 19.4. The summed E-state index contributed by atoms with van der Waals surface area (Å²) in [7, 11) is 0. The molecular formula is C17H19F3O4. The van der Waals surface area contributed by atoms with Crippen LogP contribution in [0, 0.1) is 17.3 Å². The number of esters is 1. The summed E-state index contributed by atoms with van der Waals surface area (Å²) in [5, 5.41) is 10.7. The first kappa shape index (κ1) is 20.0. The highest BCUT2D eigenvalue weighted by Gasteiger charge is 2.48. The third kappa shape index (κ3) is 4.26. The Kier molecular flexibility index (Phi) is 5.67. The SMILES string of the molecule is CCOC(=O)/C=C(\C#CC1(O)C(C)=CC(=O)CC1(C)C)C(F)(F)F. The molecule has 1 rings (SSSR count). The van der Waals surface area contributed by atoms with E-state index in [9.17, 15) is 27.9 Å². The quantitative estimate of drug-likeness (QED) is 0.475. The molecule has 132 valence electrons. The van der Waals surface area contributed by atoms with Gasteiger partial charge in [0.25, 0.3) is 0 Å². The molecule has 0 heterocycles. The molecule has 0 fully saturated rings. The Bertz CT molecular complexity index is 660. The van der Waals surface area contributed by atoms with Crippen molar-refractivity contribution in [3.8, 4) is 11.8 Å². The summed E-state index contributed by atoms with van der Waals surface area (Å²) in [5.41, 5.74) is -4.25. The van der Waals surface area contributed by atoms with Crippen molar-refractivity contribution in [1.29, 1.82) is 0 Å². The number of hydrogen-bond donors (Lipinski definition) is 1. The van der Waals surface area contributed by atoms with Gasteiger partial charge in [-0.1, -0.05) is 25.7 Å². The Balaban J connectivity index is 3.36. The third-order valence-corrected chi connectivity index (χ3v) is 3.78. The van der Waals surface area contributed by atoms with Crippen molar-refractivity contribution in [3.63, 3.8) is 0 Å². The molecule has 0 aromatic heterocycles. The van der Waals surface area contributed by atoms with E-state index in [-0.39, 0.29) is 30.5 Å². The Hall–Kier alpha value is -2.07. The zero-order valence-corrected chi connectivity index (χ0v) is 13.9. The molecule has 0 aliphatic heterocycles. The van der Waals surface area contributed by atoms with E-state index in [4.69, 9.17) is 0 Å². The number of hydrogen-bond acceptors (Lipinski definition) is 4. The molecule has 0 spiro atoms. The van der Waals surface area contributed by atoms with Crippen molar-refractivity contribution in [2.45, 2.75) is 45.9 Å². The van der Waals surface area contributed by atoms with Gasteiger partial charge in [-0.3, -0.25) is 4.79 Å². The van der Waals surface area contributed by atoms with E-state index in [0.717, 1.165) is 0 Å². The summed E-state index contributed by atoms with van der Waals surface area (Å²) in [5.74, 6) is 2.64. The first-order chi connectivity index (χ1) is 10.8. The lowest BCUT2D eigenvalue weighted by molar-refractivity contribution is -0.138. The first-order valence-corrected chi connectivity index (χ1v) is 7.26. The molecule has 1 unspecified atom stereocenters. The fraction of sp³-hybridized carbons (Fsp3) is 0.529. The molecule has 0 bridgehead atoms. The number of ether oxygens (including phenoxy) is 1. The molecular weight excluding hydrogens is 325 g/mol. The number of rotatable bonds is 2. The molecule has 0 aromatic carbocycles. The molecule has 1 aliphatic carbocycles. The van der Waals surface area contributed by atoms with Gasteiger partial charge in [0, 0.05) is 17.9 Å². The smallest absolute Gasteiger partial charge is 0.424 e. The number of halogens is 3. The average Bonchev–Trinajstić information content (AvgIpc) is 2.39. The van der Waals surface area contributed by atoms with E-state index in [1.807, 2.05) is 5.92 Å². The third-order valence-electron chi connectivity index (χ3n) is 3.78. The second-order valence-corrected chi connectivity index (χ2v) is 6.12. The van der Waals surface area contributed by atoms with Gasteiger partial charge < -0.3 is 9.84 Å². The number of allylic oxidation sites excluding steroid dienone is 2. The van der Waals surface area contributed by atoms with Gasteiger partial charge in [-0.05, 0) is 25.5 Å². The minimum absolute atomic E-state index is 0.0571. The summed E-state index contributed by atoms with van der Waals surface area (Å²) in [6.45, 7) is 5.89. The summed E-state index contributed by atoms with van der Waals surface area (Å²) in [4.78, 5) is 22.9. The predicted octanol–water partition coefficient (Wildman–Crippen LogP) is 2.72. The molecule has 4 nitrogen and oxygen atoms in total. The van der Waals surface area contributed by atoms with Crippen molar-refractivity contribution in [2.75, 3.05) is 6.61 Å². The maximum atomic E-state index is 13.0. The van der Waals surface area contributed by atoms with Gasteiger partial charge >= 0.3 is 12.1 Å². The van der Waals surface area contributed by atoms with Crippen molar-refractivity contribution >= 4 is 11.8 Å². The van der Waals surface area contributed by atoms with Crippen LogP contribution in [-0.2, 0) is 14.3 Å². The highest BCUT2D eigenvalue weighted by Crippen LogP contribution is 2.43. The summed E-state index contributed by atoms with van der Waals surface area (Å²) in [6.07, 6.45) is -3.51. The van der Waals surface area contributed by atoms with Crippen LogP contribution >= 0.6 is 0 Å². The van der Waals surface area contributed by atoms with Gasteiger partial charge in [-0.15, -0.1) is 0 Å². The zero-order valence-electron chi connectivity index (χ0n) is 13.9. The largest absolute Gasteiger partial charge is 0.463 e. The van der Waals surface area contributed by atoms with Crippen LogP contribution < -0.4 is 0 Å². The number of ketones is 1. The highest BCUT2D eigenvalue weighted by molar-refractivity contribution is 5.93. The minimum atomic E-state index is -4.87. The normalized spacial score (nSPS) is 23.9. The molecule has 7 heteroatoms. The molecule has 0 radical (unpaired) electrons. The summed E-state index contributed by atoms with van der Waals surface area (Å²) >= 11 is 0. The lowest BCUT2D eigenvalue weighted by atomic mass is 9.65. The number of carbonyl (C=O) groups excluding carboxylic acids is 2. The van der Waals surface area contributed by atoms with E-state index in [1.54, 1.807) is 13.8 Å². The lowest BCUT2D eigenvalue weighted by Gasteiger charge is -2.42. The van der Waals surface area contributed by atoms with Crippen LogP contribution in [0.25, 0.3) is 0 Å². The van der Waals surface area contributed by atoms with Crippen LogP contribution in [0.4, 0.5) is 13.2 Å². The molecule has 1 aliphatic rings. The summed E-state index contributed by atoms with van der Waals surface area (Å²) < 4.78 is 43.5. The second kappa shape index (κ2) is 6.81. The Morgan fingerprint density at radius 1 is 1.46 bits per heavy atom. The maximum Gasteiger partial charge on any atom is 0.424 e. The van der Waals surface area contributed by atoms with Crippen LogP contribution in [-0.4, -0.2) is 35.2 Å². The van der Waals surface area contributed by atoms with E-state index in [2.05, 4.69) is 10.7 Å². The zero-order chi connectivity index (χ0) is 18.8. The molecule has 1 N–H and O–H groups in total. The Morgan fingerprint density at radius 2 is 2.04 bits per heavy atom. The first-order valence-electron chi connectivity index (χ1n) is 7.26. The predicted molar refractivity (Wildman–Crippen MR) is 80.7 cm³/mol. The fourth-order valence-electron chi connectivity index (χ4n) is 2.41. The molecule has 0 amide bonds. The second-order valence-electron chi connectivity index (χ2n) is 6.12. The maximum absolute atomic E-state index is 13.0. The topological polar surface area (TPSA) is 63.6 Å². The average molecular weight is 344 g/mol. The number of alkyl halides is 3. The van der Waals surface area contributed by atoms with Crippen molar-refractivity contribution in [3.05, 3.63) is 23.3 Å². The van der Waals surface area contributed by atoms with Gasteiger partial charge in [0.15, 0.2) is 11.4 Å². The lowest BCUT2D eigenvalue weighted by Crippen LogP contribution is -2.48.